The fraction of sp³-hybridized carbons (Fsp3) is 0.143. The lowest BCUT2D eigenvalue weighted by atomic mass is 10.1. The summed E-state index contributed by atoms with van der Waals surface area (Å²) >= 11 is 0. The third-order valence-corrected chi connectivity index (χ3v) is 5.21. The average Bonchev–Trinajstić information content (AvgIpc) is 2.72. The number of aromatic nitrogens is 1. The van der Waals surface area contributed by atoms with Gasteiger partial charge in [0, 0.05) is 11.9 Å². The smallest absolute Gasteiger partial charge is 0.416 e. The lowest BCUT2D eigenvalue weighted by Crippen LogP contribution is -2.17. The number of carbonyl (C=O) groups is 1. The molecule has 0 saturated heterocycles. The Hall–Kier alpha value is -3.44. The molecular weight excluding hydrogens is 447 g/mol. The number of nitrogens with one attached hydrogen (secondary N) is 1. The summed E-state index contributed by atoms with van der Waals surface area (Å²) in [5, 5.41) is 7.77. The van der Waals surface area contributed by atoms with Gasteiger partial charge in [0.2, 0.25) is 15.9 Å². The second-order valence-electron chi connectivity index (χ2n) is 6.74. The number of hydrogen-bond acceptors (Lipinski definition) is 5. The first kappa shape index (κ1) is 23.2. The Morgan fingerprint density at radius 1 is 1.06 bits per heavy atom. The molecule has 11 heteroatoms. The highest BCUT2D eigenvalue weighted by molar-refractivity contribution is 7.89. The summed E-state index contributed by atoms with van der Waals surface area (Å²) < 4.78 is 67.4. The SMILES string of the molecule is NS(=O)(=O)c1cc(NC(=O)Cc2ccc(C(F)(F)F)cc2)ccc1OCc1ccccn1. The van der Waals surface area contributed by atoms with Gasteiger partial charge in [-0.25, -0.2) is 13.6 Å². The minimum absolute atomic E-state index is 0.00296. The van der Waals surface area contributed by atoms with Crippen LogP contribution >= 0.6 is 0 Å². The molecule has 2 aromatic carbocycles. The van der Waals surface area contributed by atoms with Gasteiger partial charge in [0.1, 0.15) is 17.3 Å². The van der Waals surface area contributed by atoms with E-state index in [0.717, 1.165) is 18.2 Å². The van der Waals surface area contributed by atoms with Crippen molar-refractivity contribution >= 4 is 21.6 Å². The largest absolute Gasteiger partial charge is 0.486 e. The maximum absolute atomic E-state index is 12.6. The van der Waals surface area contributed by atoms with Crippen LogP contribution in [0.2, 0.25) is 0 Å². The van der Waals surface area contributed by atoms with Gasteiger partial charge in [-0.3, -0.25) is 9.78 Å². The minimum atomic E-state index is -4.47. The molecule has 0 fully saturated rings. The van der Waals surface area contributed by atoms with Crippen molar-refractivity contribution in [2.45, 2.75) is 24.1 Å². The highest BCUT2D eigenvalue weighted by atomic mass is 32.2. The Morgan fingerprint density at radius 3 is 2.38 bits per heavy atom. The Kier molecular flexibility index (Phi) is 6.80. The molecule has 0 radical (unpaired) electrons. The summed E-state index contributed by atoms with van der Waals surface area (Å²) in [4.78, 5) is 16.0. The van der Waals surface area contributed by atoms with Crippen molar-refractivity contribution in [3.63, 3.8) is 0 Å². The standard InChI is InChI=1S/C21H18F3N3O4S/c22-21(23,24)15-6-4-14(5-7-15)11-20(28)27-16-8-9-18(19(12-16)32(25,29)30)31-13-17-3-1-2-10-26-17/h1-10,12H,11,13H2,(H,27,28)(H2,25,29,30). The highest BCUT2D eigenvalue weighted by Crippen LogP contribution is 2.29. The molecule has 1 aromatic heterocycles. The highest BCUT2D eigenvalue weighted by Gasteiger charge is 2.30. The Labute approximate surface area is 182 Å². The van der Waals surface area contributed by atoms with Crippen LogP contribution < -0.4 is 15.2 Å². The van der Waals surface area contributed by atoms with Gasteiger partial charge in [-0.2, -0.15) is 13.2 Å². The molecule has 0 bridgehead atoms. The van der Waals surface area contributed by atoms with Crippen LogP contribution in [0.1, 0.15) is 16.8 Å². The molecule has 0 spiro atoms. The lowest BCUT2D eigenvalue weighted by Gasteiger charge is -2.13. The van der Waals surface area contributed by atoms with Crippen LogP contribution in [0, 0.1) is 0 Å². The van der Waals surface area contributed by atoms with E-state index in [-0.39, 0.29) is 29.4 Å². The predicted octanol–water partition coefficient (Wildman–Crippen LogP) is 3.51. The fourth-order valence-corrected chi connectivity index (χ4v) is 3.46. The van der Waals surface area contributed by atoms with Gasteiger partial charge >= 0.3 is 6.18 Å². The molecule has 0 aliphatic rings. The molecule has 32 heavy (non-hydrogen) atoms. The number of primary sulfonamides is 1. The molecule has 7 nitrogen and oxygen atoms in total. The lowest BCUT2D eigenvalue weighted by molar-refractivity contribution is -0.137. The van der Waals surface area contributed by atoms with E-state index in [1.807, 2.05) is 0 Å². The first-order valence-corrected chi connectivity index (χ1v) is 10.7. The molecule has 168 valence electrons. The van der Waals surface area contributed by atoms with Crippen LogP contribution in [0.25, 0.3) is 0 Å². The summed E-state index contributed by atoms with van der Waals surface area (Å²) in [6, 6.07) is 13.3. The molecule has 3 aromatic rings. The number of nitrogens with zero attached hydrogens (tertiary/aromatic N) is 1. The van der Waals surface area contributed by atoms with Crippen molar-refractivity contribution in [2.24, 2.45) is 5.14 Å². The molecule has 3 rings (SSSR count). The first-order valence-electron chi connectivity index (χ1n) is 9.18. The summed E-state index contributed by atoms with van der Waals surface area (Å²) in [6.07, 6.45) is -3.11. The van der Waals surface area contributed by atoms with Gasteiger partial charge in [-0.15, -0.1) is 0 Å². The number of sulfonamides is 1. The fourth-order valence-electron chi connectivity index (χ4n) is 2.76. The number of rotatable bonds is 7. The molecule has 3 N–H and O–H groups in total. The van der Waals surface area contributed by atoms with Crippen LogP contribution in [-0.2, 0) is 34.0 Å². The summed E-state index contributed by atoms with van der Waals surface area (Å²) in [5.74, 6) is -0.564. The number of nitrogens with two attached hydrogens (primary N) is 1. The molecular formula is C21H18F3N3O4S. The number of pyridine rings is 1. The molecule has 0 atom stereocenters. The molecule has 1 amide bonds. The van der Waals surface area contributed by atoms with Crippen LogP contribution in [0.15, 0.2) is 71.8 Å². The number of amides is 1. The van der Waals surface area contributed by atoms with Gasteiger partial charge in [-0.1, -0.05) is 18.2 Å². The summed E-state index contributed by atoms with van der Waals surface area (Å²) in [5.41, 5.74) is 0.246. The zero-order valence-corrected chi connectivity index (χ0v) is 17.3. The van der Waals surface area contributed by atoms with E-state index in [2.05, 4.69) is 10.3 Å². The normalized spacial score (nSPS) is 11.8. The van der Waals surface area contributed by atoms with Crippen molar-refractivity contribution in [3.05, 3.63) is 83.7 Å². The number of carbonyl (C=O) groups excluding carboxylic acids is 1. The van der Waals surface area contributed by atoms with Crippen molar-refractivity contribution < 1.29 is 31.1 Å². The third-order valence-electron chi connectivity index (χ3n) is 4.28. The van der Waals surface area contributed by atoms with Crippen molar-refractivity contribution in [3.8, 4) is 5.75 Å². The topological polar surface area (TPSA) is 111 Å². The van der Waals surface area contributed by atoms with E-state index < -0.39 is 27.7 Å². The number of halogens is 3. The summed E-state index contributed by atoms with van der Waals surface area (Å²) in [6.45, 7) is 0.00296. The number of hydrogen-bond donors (Lipinski definition) is 2. The van der Waals surface area contributed by atoms with E-state index in [1.54, 1.807) is 24.4 Å². The molecule has 0 unspecified atom stereocenters. The number of alkyl halides is 3. The molecule has 1 heterocycles. The van der Waals surface area contributed by atoms with Gasteiger partial charge < -0.3 is 10.1 Å². The quantitative estimate of drug-likeness (QED) is 0.555. The van der Waals surface area contributed by atoms with Crippen LogP contribution in [0.3, 0.4) is 0 Å². The van der Waals surface area contributed by atoms with E-state index in [1.165, 1.54) is 24.3 Å². The average molecular weight is 465 g/mol. The Balaban J connectivity index is 1.71. The van der Waals surface area contributed by atoms with Gasteiger partial charge in [-0.05, 0) is 48.0 Å². The van der Waals surface area contributed by atoms with E-state index in [0.29, 0.717) is 11.3 Å². The van der Waals surface area contributed by atoms with Gasteiger partial charge in [0.05, 0.1) is 17.7 Å². The molecule has 0 saturated carbocycles. The van der Waals surface area contributed by atoms with Crippen molar-refractivity contribution in [1.82, 2.24) is 4.98 Å². The minimum Gasteiger partial charge on any atom is -0.486 e. The first-order chi connectivity index (χ1) is 15.0. The Morgan fingerprint density at radius 2 is 1.78 bits per heavy atom. The van der Waals surface area contributed by atoms with Gasteiger partial charge in [0.25, 0.3) is 0 Å². The monoisotopic (exact) mass is 465 g/mol. The Bertz CT molecular complexity index is 1200. The van der Waals surface area contributed by atoms with E-state index in [4.69, 9.17) is 9.88 Å². The number of anilines is 1. The second-order valence-corrected chi connectivity index (χ2v) is 8.27. The molecule has 0 aliphatic carbocycles. The van der Waals surface area contributed by atoms with E-state index >= 15 is 0 Å². The predicted molar refractivity (Wildman–Crippen MR) is 110 cm³/mol. The third kappa shape index (κ3) is 6.28. The van der Waals surface area contributed by atoms with Crippen LogP contribution in [-0.4, -0.2) is 19.3 Å². The second kappa shape index (κ2) is 9.37. The number of ether oxygens (including phenoxy) is 1. The zero-order valence-electron chi connectivity index (χ0n) is 16.5. The summed E-state index contributed by atoms with van der Waals surface area (Å²) in [7, 11) is -4.18. The van der Waals surface area contributed by atoms with Crippen LogP contribution in [0.4, 0.5) is 18.9 Å². The molecule has 0 aliphatic heterocycles. The van der Waals surface area contributed by atoms with Crippen LogP contribution in [0.5, 0.6) is 5.75 Å². The maximum Gasteiger partial charge on any atom is 0.416 e. The number of benzene rings is 2. The van der Waals surface area contributed by atoms with Gasteiger partial charge in [0.15, 0.2) is 0 Å². The van der Waals surface area contributed by atoms with Crippen molar-refractivity contribution in [1.29, 1.82) is 0 Å². The zero-order chi connectivity index (χ0) is 23.4. The maximum atomic E-state index is 12.6. The van der Waals surface area contributed by atoms with Crippen molar-refractivity contribution in [2.75, 3.05) is 5.32 Å². The van der Waals surface area contributed by atoms with E-state index in [9.17, 15) is 26.4 Å².